The van der Waals surface area contributed by atoms with Gasteiger partial charge in [0.05, 0.1) is 0 Å². The zero-order chi connectivity index (χ0) is 17.8. The summed E-state index contributed by atoms with van der Waals surface area (Å²) in [7, 11) is 0. The predicted molar refractivity (Wildman–Crippen MR) is 96.6 cm³/mol. The Morgan fingerprint density at radius 1 is 1.20 bits per heavy atom. The highest BCUT2D eigenvalue weighted by atomic mass is 79.9. The Labute approximate surface area is 153 Å². The van der Waals surface area contributed by atoms with Gasteiger partial charge in [-0.2, -0.15) is 4.98 Å². The summed E-state index contributed by atoms with van der Waals surface area (Å²) < 4.78 is 11.4. The highest BCUT2D eigenvalue weighted by Crippen LogP contribution is 2.22. The molecule has 2 aromatic carbocycles. The van der Waals surface area contributed by atoms with Gasteiger partial charge < -0.3 is 14.6 Å². The first-order valence-electron chi connectivity index (χ1n) is 7.61. The molecule has 6 nitrogen and oxygen atoms in total. The molecule has 1 heterocycles. The third kappa shape index (κ3) is 4.45. The van der Waals surface area contributed by atoms with Crippen LogP contribution in [0.15, 0.2) is 51.5 Å². The molecule has 0 unspecified atom stereocenters. The van der Waals surface area contributed by atoms with Gasteiger partial charge in [-0.05, 0) is 48.9 Å². The zero-order valence-corrected chi connectivity index (χ0v) is 15.3. The average Bonchev–Trinajstić information content (AvgIpc) is 3.02. The second-order valence-corrected chi connectivity index (χ2v) is 6.37. The van der Waals surface area contributed by atoms with Crippen LogP contribution >= 0.6 is 15.9 Å². The fourth-order valence-corrected chi connectivity index (χ4v) is 2.53. The summed E-state index contributed by atoms with van der Waals surface area (Å²) >= 11 is 3.41. The Hall–Kier alpha value is -2.67. The smallest absolute Gasteiger partial charge is 0.255 e. The molecule has 0 saturated carbocycles. The summed E-state index contributed by atoms with van der Waals surface area (Å²) in [6.45, 7) is 3.87. The fraction of sp³-hybridized carbons (Fsp3) is 0.167. The van der Waals surface area contributed by atoms with Crippen LogP contribution in [-0.2, 0) is 6.61 Å². The van der Waals surface area contributed by atoms with E-state index >= 15 is 0 Å². The third-order valence-corrected chi connectivity index (χ3v) is 4.00. The molecular weight excluding hydrogens is 386 g/mol. The number of nitrogens with one attached hydrogen (secondary N) is 1. The number of hydrogen-bond donors (Lipinski definition) is 1. The van der Waals surface area contributed by atoms with E-state index in [1.54, 1.807) is 31.2 Å². The van der Waals surface area contributed by atoms with Crippen LogP contribution in [0.25, 0.3) is 0 Å². The number of ether oxygens (including phenoxy) is 1. The number of carbonyl (C=O) groups excluding carboxylic acids is 1. The molecule has 3 aromatic rings. The molecule has 0 aliphatic heterocycles. The van der Waals surface area contributed by atoms with Crippen LogP contribution in [-0.4, -0.2) is 16.0 Å². The molecule has 25 heavy (non-hydrogen) atoms. The Kier molecular flexibility index (Phi) is 5.14. The van der Waals surface area contributed by atoms with Crippen LogP contribution in [0.1, 0.15) is 27.6 Å². The maximum Gasteiger partial charge on any atom is 0.255 e. The number of anilines is 1. The van der Waals surface area contributed by atoms with Crippen molar-refractivity contribution >= 4 is 27.5 Å². The van der Waals surface area contributed by atoms with Gasteiger partial charge in [0.1, 0.15) is 5.75 Å². The lowest BCUT2D eigenvalue weighted by Gasteiger charge is -2.09. The summed E-state index contributed by atoms with van der Waals surface area (Å²) in [6.07, 6.45) is 0. The van der Waals surface area contributed by atoms with Gasteiger partial charge in [-0.25, -0.2) is 0 Å². The lowest BCUT2D eigenvalue weighted by Crippen LogP contribution is -2.12. The van der Waals surface area contributed by atoms with Crippen molar-refractivity contribution in [3.8, 4) is 5.75 Å². The number of hydrogen-bond acceptors (Lipinski definition) is 5. The van der Waals surface area contributed by atoms with E-state index in [1.807, 2.05) is 25.1 Å². The normalized spacial score (nSPS) is 10.5. The topological polar surface area (TPSA) is 77.2 Å². The molecule has 0 fully saturated rings. The maximum absolute atomic E-state index is 12.4. The second kappa shape index (κ2) is 7.48. The van der Waals surface area contributed by atoms with Crippen molar-refractivity contribution in [2.24, 2.45) is 0 Å². The largest absolute Gasteiger partial charge is 0.485 e. The molecule has 1 N–H and O–H groups in total. The van der Waals surface area contributed by atoms with E-state index in [4.69, 9.17) is 9.26 Å². The first-order valence-corrected chi connectivity index (χ1v) is 8.40. The Balaban J connectivity index is 1.63. The number of amides is 1. The molecule has 0 bridgehead atoms. The van der Waals surface area contributed by atoms with Crippen molar-refractivity contribution in [3.05, 3.63) is 69.8 Å². The number of nitrogens with zero attached hydrogens (tertiary/aromatic N) is 2. The molecular formula is C18H16BrN3O3. The number of halogens is 1. The van der Waals surface area contributed by atoms with E-state index in [0.29, 0.717) is 23.0 Å². The van der Waals surface area contributed by atoms with Crippen LogP contribution < -0.4 is 10.1 Å². The number of benzene rings is 2. The molecule has 1 amide bonds. The van der Waals surface area contributed by atoms with E-state index < -0.39 is 0 Å². The second-order valence-electron chi connectivity index (χ2n) is 5.46. The van der Waals surface area contributed by atoms with Crippen LogP contribution in [0.5, 0.6) is 5.75 Å². The molecule has 0 radical (unpaired) electrons. The monoisotopic (exact) mass is 401 g/mol. The highest BCUT2D eigenvalue weighted by molar-refractivity contribution is 9.10. The number of carbonyl (C=O) groups is 1. The minimum atomic E-state index is -0.179. The number of aryl methyl sites for hydroxylation is 2. The molecule has 0 atom stereocenters. The fourth-order valence-electron chi connectivity index (χ4n) is 2.17. The summed E-state index contributed by atoms with van der Waals surface area (Å²) in [6, 6.07) is 12.6. The first kappa shape index (κ1) is 17.2. The van der Waals surface area contributed by atoms with Gasteiger partial charge in [0.15, 0.2) is 6.61 Å². The molecule has 0 aliphatic rings. The molecule has 3 rings (SSSR count). The summed E-state index contributed by atoms with van der Waals surface area (Å²) in [5.41, 5.74) is 2.31. The highest BCUT2D eigenvalue weighted by Gasteiger charge is 2.09. The quantitative estimate of drug-likeness (QED) is 0.690. The van der Waals surface area contributed by atoms with Gasteiger partial charge in [-0.1, -0.05) is 27.2 Å². The average molecular weight is 402 g/mol. The van der Waals surface area contributed by atoms with Gasteiger partial charge in [-0.15, -0.1) is 0 Å². The van der Waals surface area contributed by atoms with Crippen molar-refractivity contribution < 1.29 is 14.1 Å². The van der Waals surface area contributed by atoms with Crippen LogP contribution in [0, 0.1) is 13.8 Å². The SMILES string of the molecule is Cc1nc(COc2ccc(C(=O)Nc3cc(Br)ccc3C)cc2)no1. The van der Waals surface area contributed by atoms with E-state index in [2.05, 4.69) is 31.4 Å². The maximum atomic E-state index is 12.4. The van der Waals surface area contributed by atoms with Gasteiger partial charge in [0.2, 0.25) is 11.7 Å². The van der Waals surface area contributed by atoms with Crippen LogP contribution in [0.2, 0.25) is 0 Å². The molecule has 0 saturated heterocycles. The molecule has 0 spiro atoms. The van der Waals surface area contributed by atoms with E-state index in [1.165, 1.54) is 0 Å². The summed E-state index contributed by atoms with van der Waals surface area (Å²) in [5, 5.41) is 6.66. The molecule has 1 aromatic heterocycles. The van der Waals surface area contributed by atoms with Gasteiger partial charge in [0.25, 0.3) is 5.91 Å². The van der Waals surface area contributed by atoms with Crippen molar-refractivity contribution in [1.29, 1.82) is 0 Å². The molecule has 128 valence electrons. The summed E-state index contributed by atoms with van der Waals surface area (Å²) in [5.74, 6) is 1.41. The Morgan fingerprint density at radius 3 is 2.64 bits per heavy atom. The van der Waals surface area contributed by atoms with E-state index in [9.17, 15) is 4.79 Å². The van der Waals surface area contributed by atoms with Gasteiger partial charge in [-0.3, -0.25) is 4.79 Å². The van der Waals surface area contributed by atoms with Crippen molar-refractivity contribution in [1.82, 2.24) is 10.1 Å². The minimum absolute atomic E-state index is 0.179. The van der Waals surface area contributed by atoms with E-state index in [-0.39, 0.29) is 12.5 Å². The van der Waals surface area contributed by atoms with Crippen LogP contribution in [0.4, 0.5) is 5.69 Å². The molecule has 7 heteroatoms. The predicted octanol–water partition coefficient (Wildman–Crippen LogP) is 4.28. The van der Waals surface area contributed by atoms with Crippen LogP contribution in [0.3, 0.4) is 0 Å². The van der Waals surface area contributed by atoms with Gasteiger partial charge in [0, 0.05) is 22.6 Å². The Bertz CT molecular complexity index is 891. The standard InChI is InChI=1S/C18H16BrN3O3/c1-11-3-6-14(19)9-16(11)21-18(23)13-4-7-15(8-5-13)24-10-17-20-12(2)25-22-17/h3-9H,10H2,1-2H3,(H,21,23). The Morgan fingerprint density at radius 2 is 1.96 bits per heavy atom. The lowest BCUT2D eigenvalue weighted by atomic mass is 10.1. The zero-order valence-electron chi connectivity index (χ0n) is 13.7. The molecule has 0 aliphatic carbocycles. The van der Waals surface area contributed by atoms with Gasteiger partial charge >= 0.3 is 0 Å². The number of aromatic nitrogens is 2. The van der Waals surface area contributed by atoms with E-state index in [0.717, 1.165) is 15.7 Å². The van der Waals surface area contributed by atoms with Crippen molar-refractivity contribution in [2.45, 2.75) is 20.5 Å². The lowest BCUT2D eigenvalue weighted by molar-refractivity contribution is 0.102. The van der Waals surface area contributed by atoms with Crippen molar-refractivity contribution in [2.75, 3.05) is 5.32 Å². The third-order valence-electron chi connectivity index (χ3n) is 3.50. The summed E-state index contributed by atoms with van der Waals surface area (Å²) in [4.78, 5) is 16.4. The number of rotatable bonds is 5. The minimum Gasteiger partial charge on any atom is -0.485 e. The first-order chi connectivity index (χ1) is 12.0. The van der Waals surface area contributed by atoms with Crippen molar-refractivity contribution in [3.63, 3.8) is 0 Å².